The van der Waals surface area contributed by atoms with Crippen molar-refractivity contribution in [3.05, 3.63) is 21.9 Å². The number of thiophene rings is 1. The van der Waals surface area contributed by atoms with Crippen LogP contribution in [0.1, 0.15) is 27.7 Å². The van der Waals surface area contributed by atoms with Gasteiger partial charge < -0.3 is 30.2 Å². The molecule has 1 heterocycles. The molecule has 68 valence electrons. The van der Waals surface area contributed by atoms with Crippen LogP contribution in [0.15, 0.2) is 11.4 Å². The normalized spacial score (nSPS) is 20.0. The van der Waals surface area contributed by atoms with Crippen LogP contribution in [0.2, 0.25) is 0 Å². The Hall–Kier alpha value is -0.520. The van der Waals surface area contributed by atoms with E-state index in [0.29, 0.717) is 10.7 Å². The minimum Gasteiger partial charge on any atom is -0.412 e. The Labute approximate surface area is 90.8 Å². The fraction of sp³-hybridized carbons (Fsp3) is 0.250. The molecule has 1 aliphatic rings. The van der Waals surface area contributed by atoms with Crippen LogP contribution in [0, 0.1) is 0 Å². The molecule has 1 unspecified atom stereocenters. The van der Waals surface area contributed by atoms with Crippen LogP contribution < -0.4 is 5.32 Å². The van der Waals surface area contributed by atoms with E-state index in [1.165, 1.54) is 11.3 Å². The maximum Gasteiger partial charge on any atom is 0.175 e. The second-order valence-corrected chi connectivity index (χ2v) is 4.81. The van der Waals surface area contributed by atoms with Gasteiger partial charge in [0.25, 0.3) is 0 Å². The lowest BCUT2D eigenvalue weighted by Gasteiger charge is -2.16. The van der Waals surface area contributed by atoms with Gasteiger partial charge in [-0.25, -0.2) is 0 Å². The zero-order chi connectivity index (χ0) is 9.42. The highest BCUT2D eigenvalue weighted by atomic mass is 32.1. The van der Waals surface area contributed by atoms with Crippen LogP contribution in [-0.2, 0) is 12.6 Å². The molecule has 0 saturated heterocycles. The highest BCUT2D eigenvalue weighted by Gasteiger charge is 2.29. The van der Waals surface area contributed by atoms with Gasteiger partial charge in [-0.3, -0.25) is 4.79 Å². The Morgan fingerprint density at radius 2 is 2.54 bits per heavy atom. The summed E-state index contributed by atoms with van der Waals surface area (Å²) in [6.45, 7) is 0. The van der Waals surface area contributed by atoms with Crippen molar-refractivity contribution in [1.29, 1.82) is 0 Å². The van der Waals surface area contributed by atoms with Crippen molar-refractivity contribution < 1.29 is 4.79 Å². The summed E-state index contributed by atoms with van der Waals surface area (Å²) in [5, 5.41) is 4.87. The third-order valence-electron chi connectivity index (χ3n) is 2.01. The average Bonchev–Trinajstić information content (AvgIpc) is 2.56. The first-order chi connectivity index (χ1) is 6.18. The van der Waals surface area contributed by atoms with Gasteiger partial charge in [-0.2, -0.15) is 0 Å². The molecular formula is C8H6NOS3-. The minimum absolute atomic E-state index is 0.0127. The largest absolute Gasteiger partial charge is 0.412 e. The summed E-state index contributed by atoms with van der Waals surface area (Å²) < 4.78 is 0.330. The van der Waals surface area contributed by atoms with Gasteiger partial charge in [0.2, 0.25) is 0 Å². The van der Waals surface area contributed by atoms with Crippen molar-refractivity contribution in [3.8, 4) is 0 Å². The van der Waals surface area contributed by atoms with Gasteiger partial charge in [-0.15, -0.1) is 11.3 Å². The predicted octanol–water partition coefficient (Wildman–Crippen LogP) is 1.80. The molecule has 1 aromatic heterocycles. The van der Waals surface area contributed by atoms with Crippen molar-refractivity contribution >= 4 is 46.3 Å². The first-order valence-corrected chi connectivity index (χ1v) is 5.46. The highest BCUT2D eigenvalue weighted by molar-refractivity contribution is 8.00. The second kappa shape index (κ2) is 3.32. The molecule has 0 amide bonds. The van der Waals surface area contributed by atoms with E-state index in [0.717, 1.165) is 10.4 Å². The van der Waals surface area contributed by atoms with E-state index in [1.807, 2.05) is 11.4 Å². The first-order valence-electron chi connectivity index (χ1n) is 3.76. The Bertz CT molecular complexity index is 371. The average molecular weight is 228 g/mol. The Balaban J connectivity index is 2.28. The molecule has 0 spiro atoms. The van der Waals surface area contributed by atoms with Gasteiger partial charge in [-0.05, 0) is 17.0 Å². The number of rotatable bonds is 1. The molecular weight excluding hydrogens is 222 g/mol. The lowest BCUT2D eigenvalue weighted by Crippen LogP contribution is -2.23. The lowest BCUT2D eigenvalue weighted by molar-refractivity contribution is 0.0991. The molecule has 5 heteroatoms. The maximum absolute atomic E-state index is 11.4. The summed E-state index contributed by atoms with van der Waals surface area (Å²) in [5.41, 5.74) is 1.04. The number of hydrogen-bond acceptors (Lipinski definition) is 4. The first kappa shape index (κ1) is 9.05. The van der Waals surface area contributed by atoms with Crippen molar-refractivity contribution in [2.24, 2.45) is 0 Å². The molecule has 0 bridgehead atoms. The quantitative estimate of drug-likeness (QED) is 0.586. The van der Waals surface area contributed by atoms with Crippen molar-refractivity contribution in [2.45, 2.75) is 12.5 Å². The number of carbonyl (C=O) groups is 1. The van der Waals surface area contributed by atoms with Gasteiger partial charge in [0.15, 0.2) is 5.78 Å². The SMILES string of the molecule is O=C1CC(NC(=S)[S-])c2ccsc21. The summed E-state index contributed by atoms with van der Waals surface area (Å²) >= 11 is 11.0. The van der Waals surface area contributed by atoms with Crippen molar-refractivity contribution in [2.75, 3.05) is 0 Å². The molecule has 2 rings (SSSR count). The molecule has 0 fully saturated rings. The Morgan fingerprint density at radius 3 is 3.23 bits per heavy atom. The molecule has 1 N–H and O–H groups in total. The summed E-state index contributed by atoms with van der Waals surface area (Å²) in [4.78, 5) is 12.3. The van der Waals surface area contributed by atoms with E-state index >= 15 is 0 Å². The van der Waals surface area contributed by atoms with Crippen LogP contribution in [-0.4, -0.2) is 10.1 Å². The number of fused-ring (bicyclic) bond motifs is 1. The third-order valence-corrected chi connectivity index (χ3v) is 3.21. The highest BCUT2D eigenvalue weighted by Crippen LogP contribution is 2.34. The molecule has 1 aliphatic carbocycles. The summed E-state index contributed by atoms with van der Waals surface area (Å²) in [5.74, 6) is 0.189. The smallest absolute Gasteiger partial charge is 0.175 e. The zero-order valence-corrected chi connectivity index (χ0v) is 9.02. The fourth-order valence-corrected chi connectivity index (χ4v) is 2.68. The monoisotopic (exact) mass is 228 g/mol. The molecule has 13 heavy (non-hydrogen) atoms. The van der Waals surface area contributed by atoms with Crippen LogP contribution in [0.25, 0.3) is 0 Å². The maximum atomic E-state index is 11.4. The summed E-state index contributed by atoms with van der Waals surface area (Å²) in [6, 6.07) is 1.97. The third kappa shape index (κ3) is 1.59. The van der Waals surface area contributed by atoms with E-state index in [9.17, 15) is 4.79 Å². The zero-order valence-electron chi connectivity index (χ0n) is 6.57. The molecule has 0 saturated carbocycles. The molecule has 0 aliphatic heterocycles. The second-order valence-electron chi connectivity index (χ2n) is 2.82. The molecule has 2 nitrogen and oxygen atoms in total. The molecule has 1 aromatic rings. The van der Waals surface area contributed by atoms with Crippen LogP contribution >= 0.6 is 23.6 Å². The minimum atomic E-state index is 0.0127. The van der Waals surface area contributed by atoms with Gasteiger partial charge in [-0.1, -0.05) is 4.32 Å². The lowest BCUT2D eigenvalue weighted by atomic mass is 10.2. The van der Waals surface area contributed by atoms with Gasteiger partial charge in [0.05, 0.1) is 10.9 Å². The fourth-order valence-electron chi connectivity index (χ4n) is 1.48. The van der Waals surface area contributed by atoms with E-state index in [1.54, 1.807) is 0 Å². The topological polar surface area (TPSA) is 29.1 Å². The number of ketones is 1. The predicted molar refractivity (Wildman–Crippen MR) is 59.1 cm³/mol. The van der Waals surface area contributed by atoms with Gasteiger partial charge >= 0.3 is 0 Å². The van der Waals surface area contributed by atoms with E-state index in [2.05, 4.69) is 5.32 Å². The summed E-state index contributed by atoms with van der Waals surface area (Å²) in [7, 11) is 0. The number of nitrogens with one attached hydrogen (secondary N) is 1. The number of carbonyl (C=O) groups excluding carboxylic acids is 1. The van der Waals surface area contributed by atoms with Gasteiger partial charge in [0, 0.05) is 6.42 Å². The van der Waals surface area contributed by atoms with Crippen LogP contribution in [0.3, 0.4) is 0 Å². The molecule has 1 atom stereocenters. The standard InChI is InChI=1S/C8H7NOS3/c10-6-3-5(9-8(11)12)4-1-2-13-7(4)6/h1-2,5H,3H2,(H2,9,11,12)/p-1. The number of hydrogen-bond donors (Lipinski definition) is 1. The Morgan fingerprint density at radius 1 is 1.77 bits per heavy atom. The molecule has 0 aromatic carbocycles. The van der Waals surface area contributed by atoms with Crippen LogP contribution in [0.4, 0.5) is 0 Å². The molecule has 0 radical (unpaired) electrons. The van der Waals surface area contributed by atoms with E-state index in [-0.39, 0.29) is 11.8 Å². The van der Waals surface area contributed by atoms with E-state index < -0.39 is 0 Å². The van der Waals surface area contributed by atoms with Gasteiger partial charge in [0.1, 0.15) is 0 Å². The van der Waals surface area contributed by atoms with Crippen molar-refractivity contribution in [3.63, 3.8) is 0 Å². The van der Waals surface area contributed by atoms with Crippen molar-refractivity contribution in [1.82, 2.24) is 5.32 Å². The van der Waals surface area contributed by atoms with Crippen LogP contribution in [0.5, 0.6) is 0 Å². The Kier molecular flexibility index (Phi) is 2.31. The number of thiocarbonyl (C=S) groups is 1. The number of Topliss-reactive ketones (excluding diaryl/α,β-unsaturated/α-hetero) is 1. The summed E-state index contributed by atoms with van der Waals surface area (Å²) in [6.07, 6.45) is 0.485. The van der Waals surface area contributed by atoms with E-state index in [4.69, 9.17) is 24.8 Å².